The van der Waals surface area contributed by atoms with Crippen molar-refractivity contribution in [3.63, 3.8) is 0 Å². The number of halogens is 1. The van der Waals surface area contributed by atoms with Crippen LogP contribution in [-0.2, 0) is 14.3 Å². The lowest BCUT2D eigenvalue weighted by Crippen LogP contribution is -2.29. The second-order valence-electron chi connectivity index (χ2n) is 4.82. The molecule has 0 spiro atoms. The fraction of sp³-hybridized carbons (Fsp3) is 0.118. The average molecular weight is 363 g/mol. The fourth-order valence-corrected chi connectivity index (χ4v) is 2.07. The third-order valence-corrected chi connectivity index (χ3v) is 3.52. The van der Waals surface area contributed by atoms with Crippen molar-refractivity contribution in [1.82, 2.24) is 0 Å². The Kier molecular flexibility index (Phi) is 5.97. The first kappa shape index (κ1) is 18.3. The molecule has 2 rings (SSSR count). The number of rotatable bonds is 4. The van der Waals surface area contributed by atoms with E-state index in [2.05, 4.69) is 15.4 Å². The van der Waals surface area contributed by atoms with Gasteiger partial charge >= 0.3 is 17.8 Å². The molecule has 0 aliphatic heterocycles. The molecule has 2 amide bonds. The quantitative estimate of drug-likeness (QED) is 0.644. The van der Waals surface area contributed by atoms with Gasteiger partial charge in [-0.05, 0) is 42.5 Å². The van der Waals surface area contributed by atoms with E-state index in [9.17, 15) is 14.4 Å². The smallest absolute Gasteiger partial charge is 0.337 e. The van der Waals surface area contributed by atoms with E-state index in [1.807, 2.05) is 0 Å². The van der Waals surface area contributed by atoms with Crippen LogP contribution in [0.3, 0.4) is 0 Å². The largest absolute Gasteiger partial charge is 0.497 e. The Morgan fingerprint density at radius 2 is 1.56 bits per heavy atom. The van der Waals surface area contributed by atoms with Crippen molar-refractivity contribution in [2.24, 2.45) is 0 Å². The Hall–Kier alpha value is -3.06. The van der Waals surface area contributed by atoms with Crippen LogP contribution in [0.15, 0.2) is 42.5 Å². The number of hydrogen-bond donors (Lipinski definition) is 2. The van der Waals surface area contributed by atoms with E-state index >= 15 is 0 Å². The predicted molar refractivity (Wildman–Crippen MR) is 93.0 cm³/mol. The van der Waals surface area contributed by atoms with Gasteiger partial charge in [0, 0.05) is 5.69 Å². The van der Waals surface area contributed by atoms with Gasteiger partial charge in [0.2, 0.25) is 0 Å². The monoisotopic (exact) mass is 362 g/mol. The molecule has 0 aliphatic carbocycles. The van der Waals surface area contributed by atoms with Gasteiger partial charge in [-0.15, -0.1) is 0 Å². The number of carbonyl (C=O) groups excluding carboxylic acids is 3. The fourth-order valence-electron chi connectivity index (χ4n) is 1.91. The highest BCUT2D eigenvalue weighted by atomic mass is 35.5. The summed E-state index contributed by atoms with van der Waals surface area (Å²) in [6.45, 7) is 0. The molecule has 8 heteroatoms. The van der Waals surface area contributed by atoms with Gasteiger partial charge in [-0.3, -0.25) is 9.59 Å². The maximum absolute atomic E-state index is 12.0. The molecule has 0 aromatic heterocycles. The van der Waals surface area contributed by atoms with Crippen LogP contribution >= 0.6 is 11.6 Å². The first-order chi connectivity index (χ1) is 11.9. The van der Waals surface area contributed by atoms with Crippen LogP contribution in [0.2, 0.25) is 5.02 Å². The molecular formula is C17H15ClN2O5. The van der Waals surface area contributed by atoms with Gasteiger partial charge in [0.1, 0.15) is 5.75 Å². The van der Waals surface area contributed by atoms with Crippen molar-refractivity contribution in [2.75, 3.05) is 24.9 Å². The SMILES string of the molecule is COC(=O)c1ccc(Cl)c(NC(=O)C(=O)Nc2ccc(OC)cc2)c1. The van der Waals surface area contributed by atoms with Gasteiger partial charge in [-0.1, -0.05) is 11.6 Å². The van der Waals surface area contributed by atoms with Crippen LogP contribution in [0, 0.1) is 0 Å². The molecule has 2 aromatic rings. The molecule has 0 bridgehead atoms. The lowest BCUT2D eigenvalue weighted by molar-refractivity contribution is -0.132. The Morgan fingerprint density at radius 3 is 2.16 bits per heavy atom. The Labute approximate surface area is 148 Å². The van der Waals surface area contributed by atoms with E-state index in [4.69, 9.17) is 16.3 Å². The van der Waals surface area contributed by atoms with Gasteiger partial charge in [0.25, 0.3) is 0 Å². The van der Waals surface area contributed by atoms with E-state index in [1.165, 1.54) is 32.4 Å². The van der Waals surface area contributed by atoms with E-state index in [1.54, 1.807) is 24.3 Å². The molecule has 130 valence electrons. The van der Waals surface area contributed by atoms with Crippen molar-refractivity contribution < 1.29 is 23.9 Å². The number of anilines is 2. The first-order valence-corrected chi connectivity index (χ1v) is 7.46. The standard InChI is InChI=1S/C17H15ClN2O5/c1-24-12-6-4-11(5-7-12)19-15(21)16(22)20-14-9-10(17(23)25-2)3-8-13(14)18/h3-9H,1-2H3,(H,19,21)(H,20,22). The molecule has 25 heavy (non-hydrogen) atoms. The Bertz CT molecular complexity index is 805. The van der Waals surface area contributed by atoms with Gasteiger partial charge in [-0.25, -0.2) is 4.79 Å². The van der Waals surface area contributed by atoms with Crippen LogP contribution < -0.4 is 15.4 Å². The molecular weight excluding hydrogens is 348 g/mol. The summed E-state index contributed by atoms with van der Waals surface area (Å²) in [6, 6.07) is 10.7. The van der Waals surface area contributed by atoms with Gasteiger partial charge < -0.3 is 20.1 Å². The van der Waals surface area contributed by atoms with Crippen molar-refractivity contribution in [1.29, 1.82) is 0 Å². The van der Waals surface area contributed by atoms with E-state index < -0.39 is 17.8 Å². The molecule has 0 atom stereocenters. The van der Waals surface area contributed by atoms with Crippen LogP contribution in [0.4, 0.5) is 11.4 Å². The summed E-state index contributed by atoms with van der Waals surface area (Å²) in [6.07, 6.45) is 0. The lowest BCUT2D eigenvalue weighted by atomic mass is 10.2. The van der Waals surface area contributed by atoms with Crippen LogP contribution in [-0.4, -0.2) is 32.0 Å². The topological polar surface area (TPSA) is 93.7 Å². The number of esters is 1. The summed E-state index contributed by atoms with van der Waals surface area (Å²) in [5.41, 5.74) is 0.743. The highest BCUT2D eigenvalue weighted by Crippen LogP contribution is 2.23. The molecule has 0 aliphatic rings. The minimum absolute atomic E-state index is 0.124. The first-order valence-electron chi connectivity index (χ1n) is 7.09. The summed E-state index contributed by atoms with van der Waals surface area (Å²) in [5.74, 6) is -1.78. The molecule has 2 aromatic carbocycles. The molecule has 0 fully saturated rings. The van der Waals surface area contributed by atoms with Crippen molar-refractivity contribution in [3.8, 4) is 5.75 Å². The molecule has 0 saturated carbocycles. The highest BCUT2D eigenvalue weighted by Gasteiger charge is 2.17. The zero-order chi connectivity index (χ0) is 18.4. The van der Waals surface area contributed by atoms with Crippen molar-refractivity contribution >= 4 is 40.8 Å². The van der Waals surface area contributed by atoms with Gasteiger partial charge in [0.15, 0.2) is 0 Å². The molecule has 0 unspecified atom stereocenters. The lowest BCUT2D eigenvalue weighted by Gasteiger charge is -2.09. The molecule has 0 saturated heterocycles. The van der Waals surface area contributed by atoms with Crippen LogP contribution in [0.5, 0.6) is 5.75 Å². The number of nitrogens with one attached hydrogen (secondary N) is 2. The zero-order valence-corrected chi connectivity index (χ0v) is 14.2. The molecule has 0 radical (unpaired) electrons. The summed E-state index contributed by atoms with van der Waals surface area (Å²) >= 11 is 5.97. The number of benzene rings is 2. The number of hydrogen-bond acceptors (Lipinski definition) is 5. The third-order valence-electron chi connectivity index (χ3n) is 3.19. The predicted octanol–water partition coefficient (Wildman–Crippen LogP) is 2.71. The summed E-state index contributed by atoms with van der Waals surface area (Å²) in [5, 5.41) is 4.98. The maximum atomic E-state index is 12.0. The number of amides is 2. The molecule has 0 heterocycles. The van der Waals surface area contributed by atoms with E-state index in [-0.39, 0.29) is 16.3 Å². The van der Waals surface area contributed by atoms with Gasteiger partial charge in [0.05, 0.1) is 30.5 Å². The molecule has 2 N–H and O–H groups in total. The Balaban J connectivity index is 2.07. The van der Waals surface area contributed by atoms with Gasteiger partial charge in [-0.2, -0.15) is 0 Å². The minimum Gasteiger partial charge on any atom is -0.497 e. The third kappa shape index (κ3) is 4.71. The summed E-state index contributed by atoms with van der Waals surface area (Å²) in [4.78, 5) is 35.5. The number of methoxy groups -OCH3 is 2. The van der Waals surface area contributed by atoms with Crippen molar-refractivity contribution in [2.45, 2.75) is 0 Å². The van der Waals surface area contributed by atoms with Crippen LogP contribution in [0.25, 0.3) is 0 Å². The van der Waals surface area contributed by atoms with E-state index in [0.717, 1.165) is 0 Å². The van der Waals surface area contributed by atoms with Crippen molar-refractivity contribution in [3.05, 3.63) is 53.1 Å². The number of carbonyl (C=O) groups is 3. The minimum atomic E-state index is -0.931. The summed E-state index contributed by atoms with van der Waals surface area (Å²) < 4.78 is 9.61. The second-order valence-corrected chi connectivity index (χ2v) is 5.23. The summed E-state index contributed by atoms with van der Waals surface area (Å²) in [7, 11) is 2.75. The highest BCUT2D eigenvalue weighted by molar-refractivity contribution is 6.44. The number of ether oxygens (including phenoxy) is 2. The Morgan fingerprint density at radius 1 is 0.920 bits per heavy atom. The van der Waals surface area contributed by atoms with E-state index in [0.29, 0.717) is 11.4 Å². The normalized spacial score (nSPS) is 9.88. The maximum Gasteiger partial charge on any atom is 0.337 e. The average Bonchev–Trinajstić information content (AvgIpc) is 2.63. The molecule has 7 nitrogen and oxygen atoms in total. The van der Waals surface area contributed by atoms with Crippen LogP contribution in [0.1, 0.15) is 10.4 Å². The second kappa shape index (κ2) is 8.16. The zero-order valence-electron chi connectivity index (χ0n) is 13.5.